The Kier molecular flexibility index (Phi) is 3.31. The van der Waals surface area contributed by atoms with Gasteiger partial charge in [-0.05, 0) is 25.7 Å². The standard InChI is InChI=1S/C12H22O3/c1-6-11(4)8-14-10(13)15-12(11,5)7-9(2)3/h9H,6-8H2,1-5H3. The normalized spacial score (nSPS) is 36.3. The summed E-state index contributed by atoms with van der Waals surface area (Å²) in [6.07, 6.45) is 1.31. The average Bonchev–Trinajstić information content (AvgIpc) is 2.10. The lowest BCUT2D eigenvalue weighted by atomic mass is 9.69. The van der Waals surface area contributed by atoms with Crippen molar-refractivity contribution in [2.75, 3.05) is 6.61 Å². The highest BCUT2D eigenvalue weighted by atomic mass is 16.7. The molecule has 0 spiro atoms. The van der Waals surface area contributed by atoms with Gasteiger partial charge in [0, 0.05) is 5.41 Å². The maximum Gasteiger partial charge on any atom is 0.508 e. The number of hydrogen-bond acceptors (Lipinski definition) is 3. The molecule has 2 unspecified atom stereocenters. The van der Waals surface area contributed by atoms with Gasteiger partial charge in [0.05, 0.1) is 0 Å². The number of cyclic esters (lactones) is 2. The second-order valence-electron chi connectivity index (χ2n) is 5.38. The molecule has 3 heteroatoms. The van der Waals surface area contributed by atoms with Crippen molar-refractivity contribution in [3.8, 4) is 0 Å². The highest BCUT2D eigenvalue weighted by Crippen LogP contribution is 2.44. The number of hydrogen-bond donors (Lipinski definition) is 0. The fraction of sp³-hybridized carbons (Fsp3) is 0.917. The van der Waals surface area contributed by atoms with E-state index in [9.17, 15) is 4.79 Å². The molecular formula is C12H22O3. The topological polar surface area (TPSA) is 35.5 Å². The zero-order chi connectivity index (χ0) is 11.7. The molecule has 1 aliphatic heterocycles. The van der Waals surface area contributed by atoms with Crippen molar-refractivity contribution in [1.29, 1.82) is 0 Å². The third-order valence-corrected chi connectivity index (χ3v) is 3.67. The molecule has 1 saturated heterocycles. The average molecular weight is 214 g/mol. The summed E-state index contributed by atoms with van der Waals surface area (Å²) in [5.41, 5.74) is -0.476. The van der Waals surface area contributed by atoms with E-state index in [1.54, 1.807) is 0 Å². The molecule has 88 valence electrons. The summed E-state index contributed by atoms with van der Waals surface area (Å²) in [7, 11) is 0. The maximum atomic E-state index is 11.2. The van der Waals surface area contributed by atoms with Gasteiger partial charge in [0.25, 0.3) is 0 Å². The minimum absolute atomic E-state index is 0.0782. The molecular weight excluding hydrogens is 192 g/mol. The van der Waals surface area contributed by atoms with Gasteiger partial charge in [0.1, 0.15) is 12.2 Å². The zero-order valence-electron chi connectivity index (χ0n) is 10.4. The lowest BCUT2D eigenvalue weighted by Gasteiger charge is -2.48. The van der Waals surface area contributed by atoms with Crippen molar-refractivity contribution in [3.05, 3.63) is 0 Å². The van der Waals surface area contributed by atoms with Crippen molar-refractivity contribution in [2.45, 2.75) is 53.1 Å². The number of ether oxygens (including phenoxy) is 2. The van der Waals surface area contributed by atoms with Gasteiger partial charge in [0.2, 0.25) is 0 Å². The highest BCUT2D eigenvalue weighted by Gasteiger charge is 2.51. The van der Waals surface area contributed by atoms with Gasteiger partial charge >= 0.3 is 6.16 Å². The van der Waals surface area contributed by atoms with E-state index >= 15 is 0 Å². The molecule has 0 radical (unpaired) electrons. The molecule has 0 aliphatic carbocycles. The van der Waals surface area contributed by atoms with E-state index in [1.807, 2.05) is 6.92 Å². The van der Waals surface area contributed by atoms with Crippen LogP contribution < -0.4 is 0 Å². The van der Waals surface area contributed by atoms with Crippen LogP contribution in [0.1, 0.15) is 47.5 Å². The van der Waals surface area contributed by atoms with Gasteiger partial charge in [0.15, 0.2) is 0 Å². The highest BCUT2D eigenvalue weighted by molar-refractivity contribution is 5.61. The Morgan fingerprint density at radius 1 is 1.40 bits per heavy atom. The Bertz CT molecular complexity index is 249. The Morgan fingerprint density at radius 3 is 2.47 bits per heavy atom. The number of carbonyl (C=O) groups is 1. The molecule has 0 aromatic heterocycles. The Hall–Kier alpha value is -0.730. The Balaban J connectivity index is 2.91. The predicted octanol–water partition coefficient (Wildman–Crippen LogP) is 3.37. The van der Waals surface area contributed by atoms with E-state index in [0.29, 0.717) is 12.5 Å². The van der Waals surface area contributed by atoms with Crippen LogP contribution in [0, 0.1) is 11.3 Å². The van der Waals surface area contributed by atoms with E-state index in [4.69, 9.17) is 9.47 Å². The summed E-state index contributed by atoms with van der Waals surface area (Å²) in [5.74, 6) is 0.506. The third-order valence-electron chi connectivity index (χ3n) is 3.67. The summed E-state index contributed by atoms with van der Waals surface area (Å²) in [5, 5.41) is 0. The summed E-state index contributed by atoms with van der Waals surface area (Å²) in [4.78, 5) is 11.2. The summed E-state index contributed by atoms with van der Waals surface area (Å²) in [6.45, 7) is 11.0. The van der Waals surface area contributed by atoms with Crippen molar-refractivity contribution >= 4 is 6.16 Å². The second-order valence-corrected chi connectivity index (χ2v) is 5.38. The van der Waals surface area contributed by atoms with Crippen LogP contribution in [-0.2, 0) is 9.47 Å². The van der Waals surface area contributed by atoms with Crippen LogP contribution in [0.15, 0.2) is 0 Å². The van der Waals surface area contributed by atoms with E-state index in [-0.39, 0.29) is 5.41 Å². The van der Waals surface area contributed by atoms with Crippen LogP contribution in [0.5, 0.6) is 0 Å². The van der Waals surface area contributed by atoms with Gasteiger partial charge in [-0.25, -0.2) is 4.79 Å². The molecule has 15 heavy (non-hydrogen) atoms. The van der Waals surface area contributed by atoms with Crippen LogP contribution in [0.3, 0.4) is 0 Å². The molecule has 0 aromatic rings. The molecule has 1 heterocycles. The molecule has 1 rings (SSSR count). The fourth-order valence-electron chi connectivity index (χ4n) is 2.25. The number of rotatable bonds is 3. The minimum atomic E-state index is -0.524. The molecule has 0 saturated carbocycles. The van der Waals surface area contributed by atoms with Gasteiger partial charge in [-0.3, -0.25) is 0 Å². The molecule has 0 N–H and O–H groups in total. The molecule has 0 aromatic carbocycles. The van der Waals surface area contributed by atoms with Crippen molar-refractivity contribution in [3.63, 3.8) is 0 Å². The van der Waals surface area contributed by atoms with Crippen molar-refractivity contribution in [2.24, 2.45) is 11.3 Å². The summed E-state index contributed by atoms with van der Waals surface area (Å²) < 4.78 is 10.4. The van der Waals surface area contributed by atoms with Gasteiger partial charge < -0.3 is 9.47 Å². The van der Waals surface area contributed by atoms with Crippen LogP contribution >= 0.6 is 0 Å². The molecule has 1 aliphatic rings. The van der Waals surface area contributed by atoms with Crippen LogP contribution in [0.25, 0.3) is 0 Å². The first kappa shape index (κ1) is 12.3. The van der Waals surface area contributed by atoms with Gasteiger partial charge in [-0.15, -0.1) is 0 Å². The predicted molar refractivity (Wildman–Crippen MR) is 58.7 cm³/mol. The first-order valence-corrected chi connectivity index (χ1v) is 5.69. The number of carbonyl (C=O) groups excluding carboxylic acids is 1. The first-order chi connectivity index (χ1) is 6.83. The maximum absolute atomic E-state index is 11.2. The smallest absolute Gasteiger partial charge is 0.434 e. The Labute approximate surface area is 92.1 Å². The van der Waals surface area contributed by atoms with E-state index in [1.165, 1.54) is 0 Å². The lowest BCUT2D eigenvalue weighted by molar-refractivity contribution is -0.169. The lowest BCUT2D eigenvalue weighted by Crippen LogP contribution is -2.54. The van der Waals surface area contributed by atoms with Crippen molar-refractivity contribution < 1.29 is 14.3 Å². The monoisotopic (exact) mass is 214 g/mol. The molecule has 1 fully saturated rings. The molecule has 0 amide bonds. The summed E-state index contributed by atoms with van der Waals surface area (Å²) >= 11 is 0. The van der Waals surface area contributed by atoms with Gasteiger partial charge in [-0.2, -0.15) is 0 Å². The second kappa shape index (κ2) is 4.03. The quantitative estimate of drug-likeness (QED) is 0.676. The van der Waals surface area contributed by atoms with Gasteiger partial charge in [-0.1, -0.05) is 27.7 Å². The SMILES string of the molecule is CCC1(C)COC(=O)OC1(C)CC(C)C. The van der Waals surface area contributed by atoms with Crippen LogP contribution in [-0.4, -0.2) is 18.4 Å². The molecule has 0 bridgehead atoms. The molecule has 2 atom stereocenters. The summed E-state index contributed by atoms with van der Waals surface area (Å²) in [6, 6.07) is 0. The zero-order valence-corrected chi connectivity index (χ0v) is 10.4. The minimum Gasteiger partial charge on any atom is -0.434 e. The fourth-order valence-corrected chi connectivity index (χ4v) is 2.25. The van der Waals surface area contributed by atoms with E-state index in [0.717, 1.165) is 12.8 Å². The third kappa shape index (κ3) is 2.27. The van der Waals surface area contributed by atoms with Crippen LogP contribution in [0.4, 0.5) is 4.79 Å². The van der Waals surface area contributed by atoms with E-state index < -0.39 is 11.8 Å². The van der Waals surface area contributed by atoms with E-state index in [2.05, 4.69) is 27.7 Å². The molecule has 3 nitrogen and oxygen atoms in total. The van der Waals surface area contributed by atoms with Crippen LogP contribution in [0.2, 0.25) is 0 Å². The first-order valence-electron chi connectivity index (χ1n) is 5.69. The van der Waals surface area contributed by atoms with Crippen molar-refractivity contribution in [1.82, 2.24) is 0 Å². The Morgan fingerprint density at radius 2 is 2.00 bits per heavy atom. The largest absolute Gasteiger partial charge is 0.508 e.